The first-order chi connectivity index (χ1) is 10.0. The molecule has 0 saturated carbocycles. The van der Waals surface area contributed by atoms with Crippen LogP contribution in [0.2, 0.25) is 0 Å². The molecule has 5 heteroatoms. The zero-order valence-corrected chi connectivity index (χ0v) is 12.0. The molecule has 0 heterocycles. The van der Waals surface area contributed by atoms with Gasteiger partial charge in [0.15, 0.2) is 0 Å². The third-order valence-corrected chi connectivity index (χ3v) is 3.01. The van der Waals surface area contributed by atoms with Crippen molar-refractivity contribution in [1.82, 2.24) is 0 Å². The summed E-state index contributed by atoms with van der Waals surface area (Å²) in [4.78, 5) is 13.9. The van der Waals surface area contributed by atoms with E-state index in [4.69, 9.17) is 10.5 Å². The monoisotopic (exact) mass is 288 g/mol. The van der Waals surface area contributed by atoms with Gasteiger partial charge < -0.3 is 15.4 Å². The van der Waals surface area contributed by atoms with Crippen LogP contribution in [0.5, 0.6) is 5.75 Å². The van der Waals surface area contributed by atoms with Crippen LogP contribution in [0, 0.1) is 5.82 Å². The molecule has 0 aromatic heterocycles. The lowest BCUT2D eigenvalue weighted by molar-refractivity contribution is 0.0992. The third-order valence-electron chi connectivity index (χ3n) is 3.01. The molecule has 21 heavy (non-hydrogen) atoms. The summed E-state index contributed by atoms with van der Waals surface area (Å²) in [6, 6.07) is 10.6. The highest BCUT2D eigenvalue weighted by atomic mass is 19.1. The van der Waals surface area contributed by atoms with Gasteiger partial charge in [0.2, 0.25) is 0 Å². The van der Waals surface area contributed by atoms with Gasteiger partial charge in [0.25, 0.3) is 5.91 Å². The fourth-order valence-corrected chi connectivity index (χ4v) is 1.97. The summed E-state index contributed by atoms with van der Waals surface area (Å²) in [6.07, 6.45) is 0. The molecule has 0 atom stereocenters. The van der Waals surface area contributed by atoms with Crippen LogP contribution in [-0.4, -0.2) is 19.6 Å². The van der Waals surface area contributed by atoms with Crippen molar-refractivity contribution in [1.29, 1.82) is 0 Å². The number of carbonyl (C=O) groups is 1. The van der Waals surface area contributed by atoms with Gasteiger partial charge in [-0.1, -0.05) is 0 Å². The van der Waals surface area contributed by atoms with E-state index in [-0.39, 0.29) is 11.7 Å². The fourth-order valence-electron chi connectivity index (χ4n) is 1.97. The van der Waals surface area contributed by atoms with E-state index in [1.165, 1.54) is 17.0 Å². The Morgan fingerprint density at radius 2 is 1.90 bits per heavy atom. The second kappa shape index (κ2) is 6.26. The van der Waals surface area contributed by atoms with Crippen molar-refractivity contribution in [2.24, 2.45) is 0 Å². The number of amides is 1. The first kappa shape index (κ1) is 14.8. The first-order valence-electron chi connectivity index (χ1n) is 6.58. The molecule has 110 valence electrons. The van der Waals surface area contributed by atoms with E-state index in [0.29, 0.717) is 29.3 Å². The van der Waals surface area contributed by atoms with Gasteiger partial charge in [0, 0.05) is 30.1 Å². The highest BCUT2D eigenvalue weighted by Gasteiger charge is 2.15. The Morgan fingerprint density at radius 1 is 1.24 bits per heavy atom. The molecule has 4 nitrogen and oxygen atoms in total. The van der Waals surface area contributed by atoms with Gasteiger partial charge in [0.05, 0.1) is 6.61 Å². The third kappa shape index (κ3) is 3.51. The number of halogens is 1. The second-order valence-electron chi connectivity index (χ2n) is 4.56. The van der Waals surface area contributed by atoms with Crippen LogP contribution in [0.1, 0.15) is 17.3 Å². The number of benzene rings is 2. The molecule has 0 unspecified atom stereocenters. The minimum Gasteiger partial charge on any atom is -0.494 e. The minimum atomic E-state index is -0.345. The molecule has 0 spiro atoms. The van der Waals surface area contributed by atoms with Crippen molar-refractivity contribution in [3.05, 3.63) is 53.8 Å². The van der Waals surface area contributed by atoms with Crippen LogP contribution in [-0.2, 0) is 0 Å². The van der Waals surface area contributed by atoms with Crippen molar-refractivity contribution < 1.29 is 13.9 Å². The first-order valence-corrected chi connectivity index (χ1v) is 6.58. The van der Waals surface area contributed by atoms with E-state index in [1.807, 2.05) is 6.92 Å². The average molecular weight is 288 g/mol. The van der Waals surface area contributed by atoms with Gasteiger partial charge in [-0.15, -0.1) is 0 Å². The predicted molar refractivity (Wildman–Crippen MR) is 81.2 cm³/mol. The van der Waals surface area contributed by atoms with E-state index in [1.54, 1.807) is 37.4 Å². The number of anilines is 2. The molecule has 2 aromatic carbocycles. The highest BCUT2D eigenvalue weighted by Crippen LogP contribution is 2.22. The molecule has 0 radical (unpaired) electrons. The molecule has 0 saturated heterocycles. The van der Waals surface area contributed by atoms with Crippen molar-refractivity contribution in [2.75, 3.05) is 24.3 Å². The molecule has 0 aliphatic carbocycles. The lowest BCUT2D eigenvalue weighted by atomic mass is 10.1. The number of nitrogens with two attached hydrogens (primary N) is 1. The molecular weight excluding hydrogens is 271 g/mol. The van der Waals surface area contributed by atoms with Crippen LogP contribution in [0.25, 0.3) is 0 Å². The lowest BCUT2D eigenvalue weighted by Crippen LogP contribution is -2.26. The summed E-state index contributed by atoms with van der Waals surface area (Å²) in [7, 11) is 1.62. The number of nitrogen functional groups attached to an aromatic ring is 1. The smallest absolute Gasteiger partial charge is 0.258 e. The number of ether oxygens (including phenoxy) is 1. The number of hydrogen-bond acceptors (Lipinski definition) is 3. The second-order valence-corrected chi connectivity index (χ2v) is 4.56. The summed E-state index contributed by atoms with van der Waals surface area (Å²) in [5.74, 6) is -0.0367. The Hall–Kier alpha value is -2.56. The number of nitrogens with zero attached hydrogens (tertiary/aromatic N) is 1. The van der Waals surface area contributed by atoms with Crippen LogP contribution < -0.4 is 15.4 Å². The number of rotatable bonds is 4. The Morgan fingerprint density at radius 3 is 2.52 bits per heavy atom. The quantitative estimate of drug-likeness (QED) is 0.880. The molecule has 1 amide bonds. The van der Waals surface area contributed by atoms with Gasteiger partial charge in [0.1, 0.15) is 11.6 Å². The molecule has 0 aliphatic rings. The summed E-state index contributed by atoms with van der Waals surface area (Å²) < 4.78 is 18.3. The van der Waals surface area contributed by atoms with E-state index < -0.39 is 0 Å². The molecule has 0 aliphatic heterocycles. The van der Waals surface area contributed by atoms with Crippen LogP contribution in [0.3, 0.4) is 0 Å². The lowest BCUT2D eigenvalue weighted by Gasteiger charge is -2.18. The Kier molecular flexibility index (Phi) is 4.42. The van der Waals surface area contributed by atoms with Gasteiger partial charge in [-0.05, 0) is 43.3 Å². The molecule has 0 fully saturated rings. The van der Waals surface area contributed by atoms with Crippen molar-refractivity contribution in [3.63, 3.8) is 0 Å². The molecular formula is C16H17FN2O2. The van der Waals surface area contributed by atoms with Gasteiger partial charge >= 0.3 is 0 Å². The fraction of sp³-hybridized carbons (Fsp3) is 0.188. The average Bonchev–Trinajstić information content (AvgIpc) is 2.46. The predicted octanol–water partition coefficient (Wildman–Crippen LogP) is 3.08. The summed E-state index contributed by atoms with van der Waals surface area (Å²) >= 11 is 0. The summed E-state index contributed by atoms with van der Waals surface area (Å²) in [5, 5.41) is 0. The normalized spacial score (nSPS) is 10.2. The van der Waals surface area contributed by atoms with Crippen LogP contribution in [0.4, 0.5) is 15.8 Å². The Balaban J connectivity index is 2.28. The van der Waals surface area contributed by atoms with Crippen LogP contribution >= 0.6 is 0 Å². The SMILES string of the molecule is CCOc1cc(N)cc(C(=O)N(C)c2ccc(F)cc2)c1. The number of hydrogen-bond donors (Lipinski definition) is 1. The maximum atomic E-state index is 12.9. The molecule has 2 rings (SSSR count). The number of carbonyl (C=O) groups excluding carboxylic acids is 1. The van der Waals surface area contributed by atoms with Crippen LogP contribution in [0.15, 0.2) is 42.5 Å². The van der Waals surface area contributed by atoms with Gasteiger partial charge in [-0.3, -0.25) is 4.79 Å². The van der Waals surface area contributed by atoms with Crippen molar-refractivity contribution in [2.45, 2.75) is 6.92 Å². The van der Waals surface area contributed by atoms with Gasteiger partial charge in [-0.2, -0.15) is 0 Å². The van der Waals surface area contributed by atoms with E-state index in [2.05, 4.69) is 0 Å². The van der Waals surface area contributed by atoms with Gasteiger partial charge in [-0.25, -0.2) is 4.39 Å². The molecule has 2 aromatic rings. The maximum absolute atomic E-state index is 12.9. The molecule has 2 N–H and O–H groups in total. The largest absolute Gasteiger partial charge is 0.494 e. The summed E-state index contributed by atoms with van der Waals surface area (Å²) in [5.41, 5.74) is 7.26. The zero-order chi connectivity index (χ0) is 15.4. The standard InChI is InChI=1S/C16H17FN2O2/c1-3-21-15-9-11(8-13(18)10-15)16(20)19(2)14-6-4-12(17)5-7-14/h4-10H,3,18H2,1-2H3. The highest BCUT2D eigenvalue weighted by molar-refractivity contribution is 6.06. The van der Waals surface area contributed by atoms with Crippen molar-refractivity contribution >= 4 is 17.3 Å². The van der Waals surface area contributed by atoms with E-state index in [0.717, 1.165) is 0 Å². The zero-order valence-electron chi connectivity index (χ0n) is 12.0. The van der Waals surface area contributed by atoms with Crippen molar-refractivity contribution in [3.8, 4) is 5.75 Å². The minimum absolute atomic E-state index is 0.241. The maximum Gasteiger partial charge on any atom is 0.258 e. The summed E-state index contributed by atoms with van der Waals surface area (Å²) in [6.45, 7) is 2.35. The van der Waals surface area contributed by atoms with E-state index in [9.17, 15) is 9.18 Å². The topological polar surface area (TPSA) is 55.6 Å². The Labute approximate surface area is 122 Å². The Bertz CT molecular complexity index is 641. The van der Waals surface area contributed by atoms with E-state index >= 15 is 0 Å². The molecule has 0 bridgehead atoms.